The highest BCUT2D eigenvalue weighted by Gasteiger charge is 2.24. The van der Waals surface area contributed by atoms with Crippen LogP contribution in [0.3, 0.4) is 0 Å². The van der Waals surface area contributed by atoms with Gasteiger partial charge in [-0.2, -0.15) is 0 Å². The summed E-state index contributed by atoms with van der Waals surface area (Å²) >= 11 is 10.2. The van der Waals surface area contributed by atoms with Crippen LogP contribution < -0.4 is 5.32 Å². The number of nitrogens with one attached hydrogen (secondary N) is 1. The normalized spacial score (nSPS) is 20.7. The summed E-state index contributed by atoms with van der Waals surface area (Å²) in [7, 11) is 0. The molecule has 0 aliphatic carbocycles. The third-order valence-electron chi connectivity index (χ3n) is 3.23. The lowest BCUT2D eigenvalue weighted by Crippen LogP contribution is -2.38. The molecule has 1 aromatic rings. The molecule has 3 nitrogen and oxygen atoms in total. The second kappa shape index (κ2) is 5.95. The topological polar surface area (TPSA) is 38.3 Å². The van der Waals surface area contributed by atoms with Crippen molar-refractivity contribution in [1.29, 1.82) is 0 Å². The lowest BCUT2D eigenvalue weighted by Gasteiger charge is -2.19. The molecule has 0 bridgehead atoms. The fraction of sp³-hybridized carbons (Fsp3) is 0.462. The van der Waals surface area contributed by atoms with Gasteiger partial charge in [0.25, 0.3) is 5.91 Å². The lowest BCUT2D eigenvalue weighted by atomic mass is 10.0. The van der Waals surface area contributed by atoms with Gasteiger partial charge in [0.15, 0.2) is 0 Å². The molecule has 2 atom stereocenters. The van der Waals surface area contributed by atoms with Crippen LogP contribution in [-0.2, 0) is 4.74 Å². The van der Waals surface area contributed by atoms with Gasteiger partial charge in [0.05, 0.1) is 17.2 Å². The Morgan fingerprint density at radius 2 is 2.39 bits per heavy atom. The molecular weight excluding hydrogens is 270 g/mol. The van der Waals surface area contributed by atoms with Gasteiger partial charge in [-0.15, -0.1) is 12.6 Å². The number of hydrogen-bond acceptors (Lipinski definition) is 3. The number of carbonyl (C=O) groups excluding carboxylic acids is 1. The van der Waals surface area contributed by atoms with Gasteiger partial charge in [0.2, 0.25) is 0 Å². The molecular formula is C13H16ClNO2S. The molecule has 0 radical (unpaired) electrons. The highest BCUT2D eigenvalue weighted by molar-refractivity contribution is 7.80. The first-order valence-corrected chi connectivity index (χ1v) is 6.77. The van der Waals surface area contributed by atoms with Crippen molar-refractivity contribution >= 4 is 30.1 Å². The molecule has 5 heteroatoms. The predicted molar refractivity (Wildman–Crippen MR) is 74.6 cm³/mol. The third kappa shape index (κ3) is 3.19. The van der Waals surface area contributed by atoms with Gasteiger partial charge >= 0.3 is 0 Å². The van der Waals surface area contributed by atoms with Crippen LogP contribution in [0.1, 0.15) is 23.7 Å². The van der Waals surface area contributed by atoms with E-state index in [0.717, 1.165) is 17.9 Å². The Labute approximate surface area is 117 Å². The molecule has 18 heavy (non-hydrogen) atoms. The van der Waals surface area contributed by atoms with Crippen molar-refractivity contribution in [3.63, 3.8) is 0 Å². The van der Waals surface area contributed by atoms with Crippen LogP contribution in [0.5, 0.6) is 0 Å². The van der Waals surface area contributed by atoms with Crippen LogP contribution in [0.4, 0.5) is 0 Å². The highest BCUT2D eigenvalue weighted by Crippen LogP contribution is 2.21. The zero-order valence-electron chi connectivity index (χ0n) is 10.1. The average Bonchev–Trinajstić information content (AvgIpc) is 2.85. The van der Waals surface area contributed by atoms with Gasteiger partial charge in [-0.3, -0.25) is 4.79 Å². The van der Waals surface area contributed by atoms with Gasteiger partial charge in [-0.1, -0.05) is 11.6 Å². The summed E-state index contributed by atoms with van der Waals surface area (Å²) in [6, 6.07) is 5.21. The predicted octanol–water partition coefficient (Wildman–Crippen LogP) is 2.78. The second-order valence-electron chi connectivity index (χ2n) is 4.55. The fourth-order valence-electron chi connectivity index (χ4n) is 2.04. The fourth-order valence-corrected chi connectivity index (χ4v) is 2.44. The van der Waals surface area contributed by atoms with E-state index in [-0.39, 0.29) is 11.9 Å². The number of benzene rings is 1. The number of hydrogen-bond donors (Lipinski definition) is 2. The van der Waals surface area contributed by atoms with E-state index in [1.165, 1.54) is 0 Å². The summed E-state index contributed by atoms with van der Waals surface area (Å²) in [5, 5.41) is 3.41. The molecule has 2 rings (SSSR count). The Morgan fingerprint density at radius 1 is 1.61 bits per heavy atom. The average molecular weight is 286 g/mol. The number of amides is 1. The van der Waals surface area contributed by atoms with Crippen LogP contribution in [0.15, 0.2) is 23.1 Å². The van der Waals surface area contributed by atoms with Crippen molar-refractivity contribution in [1.82, 2.24) is 5.32 Å². The summed E-state index contributed by atoms with van der Waals surface area (Å²) in [5.41, 5.74) is 0.468. The van der Waals surface area contributed by atoms with Crippen molar-refractivity contribution in [2.75, 3.05) is 13.2 Å². The molecule has 1 aliphatic rings. The number of ether oxygens (including phenoxy) is 1. The zero-order valence-corrected chi connectivity index (χ0v) is 11.8. The maximum absolute atomic E-state index is 12.1. The monoisotopic (exact) mass is 285 g/mol. The minimum absolute atomic E-state index is 0.0830. The van der Waals surface area contributed by atoms with Gasteiger partial charge in [-0.25, -0.2) is 0 Å². The van der Waals surface area contributed by atoms with Crippen LogP contribution in [0.2, 0.25) is 5.02 Å². The van der Waals surface area contributed by atoms with Crippen LogP contribution in [0.25, 0.3) is 0 Å². The number of thiol groups is 1. The second-order valence-corrected chi connectivity index (χ2v) is 5.47. The quantitative estimate of drug-likeness (QED) is 0.838. The minimum Gasteiger partial charge on any atom is -0.381 e. The maximum atomic E-state index is 12.1. The van der Waals surface area contributed by atoms with Gasteiger partial charge < -0.3 is 10.1 Å². The Kier molecular flexibility index (Phi) is 4.54. The number of halogens is 1. The molecule has 0 spiro atoms. The molecule has 0 saturated carbocycles. The number of rotatable bonds is 3. The standard InChI is InChI=1S/C13H16ClNO2S/c1-8(9-4-5-17-7-9)15-13(16)11-6-10(18)2-3-12(11)14/h2-3,6,8-9,18H,4-5,7H2,1H3,(H,15,16). The summed E-state index contributed by atoms with van der Waals surface area (Å²) in [6.45, 7) is 3.48. The van der Waals surface area contributed by atoms with E-state index in [1.54, 1.807) is 18.2 Å². The molecule has 1 aliphatic heterocycles. The molecule has 1 saturated heterocycles. The van der Waals surface area contributed by atoms with Crippen LogP contribution >= 0.6 is 24.2 Å². The SMILES string of the molecule is CC(NC(=O)c1cc(S)ccc1Cl)C1CCOC1. The van der Waals surface area contributed by atoms with E-state index in [2.05, 4.69) is 17.9 Å². The first-order chi connectivity index (χ1) is 8.58. The van der Waals surface area contributed by atoms with E-state index >= 15 is 0 Å². The lowest BCUT2D eigenvalue weighted by molar-refractivity contribution is 0.0922. The van der Waals surface area contributed by atoms with Crippen molar-refractivity contribution in [3.8, 4) is 0 Å². The third-order valence-corrected chi connectivity index (χ3v) is 3.83. The zero-order chi connectivity index (χ0) is 13.1. The van der Waals surface area contributed by atoms with Gasteiger partial charge in [-0.05, 0) is 31.5 Å². The summed E-state index contributed by atoms with van der Waals surface area (Å²) in [4.78, 5) is 12.8. The molecule has 1 fully saturated rings. The largest absolute Gasteiger partial charge is 0.381 e. The molecule has 1 amide bonds. The first-order valence-electron chi connectivity index (χ1n) is 5.95. The van der Waals surface area contributed by atoms with Crippen LogP contribution in [-0.4, -0.2) is 25.2 Å². The van der Waals surface area contributed by atoms with E-state index in [9.17, 15) is 4.79 Å². The first kappa shape index (κ1) is 13.7. The molecule has 98 valence electrons. The Balaban J connectivity index is 2.04. The minimum atomic E-state index is -0.157. The van der Waals surface area contributed by atoms with E-state index < -0.39 is 0 Å². The van der Waals surface area contributed by atoms with E-state index in [4.69, 9.17) is 16.3 Å². The van der Waals surface area contributed by atoms with Crippen LogP contribution in [0, 0.1) is 5.92 Å². The van der Waals surface area contributed by atoms with Crippen molar-refractivity contribution in [3.05, 3.63) is 28.8 Å². The van der Waals surface area contributed by atoms with Crippen molar-refractivity contribution in [2.45, 2.75) is 24.3 Å². The molecule has 0 aromatic heterocycles. The Morgan fingerprint density at radius 3 is 3.06 bits per heavy atom. The van der Waals surface area contributed by atoms with Gasteiger partial charge in [0, 0.05) is 23.5 Å². The van der Waals surface area contributed by atoms with Crippen molar-refractivity contribution in [2.24, 2.45) is 5.92 Å². The van der Waals surface area contributed by atoms with E-state index in [0.29, 0.717) is 23.1 Å². The number of carbonyl (C=O) groups is 1. The summed E-state index contributed by atoms with van der Waals surface area (Å²) in [6.07, 6.45) is 0.988. The molecule has 2 unspecified atom stereocenters. The molecule has 1 N–H and O–H groups in total. The van der Waals surface area contributed by atoms with Crippen molar-refractivity contribution < 1.29 is 9.53 Å². The smallest absolute Gasteiger partial charge is 0.253 e. The van der Waals surface area contributed by atoms with E-state index in [1.807, 2.05) is 6.92 Å². The Hall–Kier alpha value is -0.710. The highest BCUT2D eigenvalue weighted by atomic mass is 35.5. The molecule has 1 heterocycles. The summed E-state index contributed by atoms with van der Waals surface area (Å²) in [5.74, 6) is 0.224. The molecule has 1 aromatic carbocycles. The Bertz CT molecular complexity index is 447. The van der Waals surface area contributed by atoms with Gasteiger partial charge in [0.1, 0.15) is 0 Å². The maximum Gasteiger partial charge on any atom is 0.253 e. The summed E-state index contributed by atoms with van der Waals surface area (Å²) < 4.78 is 5.32.